The Morgan fingerprint density at radius 3 is 2.82 bits per heavy atom. The molecular formula is C17H33N3OS. The highest BCUT2D eigenvalue weighted by Crippen LogP contribution is 2.23. The van der Waals surface area contributed by atoms with Crippen LogP contribution in [0.5, 0.6) is 0 Å². The number of carbonyl (C=O) groups excluding carboxylic acids is 1. The first-order valence-electron chi connectivity index (χ1n) is 8.89. The Morgan fingerprint density at radius 2 is 2.09 bits per heavy atom. The molecule has 2 heterocycles. The standard InChI is InChI=1S/C17H33N3OS/c1-14-6-3-4-9-19(14)12-15-7-5-10-20(13-15)17(21)16(18)8-11-22-2/h14-16H,3-13,18H2,1-2H3/t14-,15+,16+/m1/s1. The number of rotatable bonds is 6. The molecule has 2 fully saturated rings. The van der Waals surface area contributed by atoms with Gasteiger partial charge in [0.2, 0.25) is 5.91 Å². The predicted molar refractivity (Wildman–Crippen MR) is 95.2 cm³/mol. The molecule has 1 amide bonds. The van der Waals surface area contributed by atoms with E-state index in [4.69, 9.17) is 5.73 Å². The van der Waals surface area contributed by atoms with Crippen molar-refractivity contribution in [1.82, 2.24) is 9.80 Å². The van der Waals surface area contributed by atoms with E-state index in [9.17, 15) is 4.79 Å². The Kier molecular flexibility index (Phi) is 7.51. The molecular weight excluding hydrogens is 294 g/mol. The van der Waals surface area contributed by atoms with Gasteiger partial charge in [0, 0.05) is 25.7 Å². The first-order chi connectivity index (χ1) is 10.6. The summed E-state index contributed by atoms with van der Waals surface area (Å²) in [6, 6.07) is 0.406. The lowest BCUT2D eigenvalue weighted by molar-refractivity contribution is -0.134. The Morgan fingerprint density at radius 1 is 1.27 bits per heavy atom. The highest BCUT2D eigenvalue weighted by Gasteiger charge is 2.29. The van der Waals surface area contributed by atoms with Crippen molar-refractivity contribution in [3.05, 3.63) is 0 Å². The van der Waals surface area contributed by atoms with E-state index in [1.165, 1.54) is 32.2 Å². The highest BCUT2D eigenvalue weighted by molar-refractivity contribution is 7.98. The summed E-state index contributed by atoms with van der Waals surface area (Å²) in [6.45, 7) is 6.56. The van der Waals surface area contributed by atoms with E-state index in [1.807, 2.05) is 4.90 Å². The Bertz CT molecular complexity index is 353. The van der Waals surface area contributed by atoms with E-state index in [0.717, 1.165) is 38.2 Å². The van der Waals surface area contributed by atoms with Crippen LogP contribution in [0.25, 0.3) is 0 Å². The van der Waals surface area contributed by atoms with Crippen molar-refractivity contribution in [2.24, 2.45) is 11.7 Å². The lowest BCUT2D eigenvalue weighted by Gasteiger charge is -2.40. The third-order valence-electron chi connectivity index (χ3n) is 5.21. The third-order valence-corrected chi connectivity index (χ3v) is 5.86. The number of likely N-dealkylation sites (tertiary alicyclic amines) is 2. The predicted octanol–water partition coefficient (Wildman–Crippen LogP) is 2.18. The molecule has 2 aliphatic heterocycles. The number of hydrogen-bond donors (Lipinski definition) is 1. The molecule has 2 N–H and O–H groups in total. The zero-order valence-corrected chi connectivity index (χ0v) is 15.1. The molecule has 0 aromatic carbocycles. The number of nitrogens with two attached hydrogens (primary N) is 1. The molecule has 3 atom stereocenters. The summed E-state index contributed by atoms with van der Waals surface area (Å²) in [5, 5.41) is 0. The normalized spacial score (nSPS) is 28.6. The second kappa shape index (κ2) is 9.14. The lowest BCUT2D eigenvalue weighted by atomic mass is 9.94. The van der Waals surface area contributed by atoms with Gasteiger partial charge in [0.05, 0.1) is 6.04 Å². The summed E-state index contributed by atoms with van der Waals surface area (Å²) >= 11 is 1.76. The molecule has 5 heteroatoms. The molecule has 0 aliphatic carbocycles. The average Bonchev–Trinajstić information content (AvgIpc) is 2.54. The van der Waals surface area contributed by atoms with Gasteiger partial charge in [0.15, 0.2) is 0 Å². The molecule has 2 aliphatic rings. The minimum atomic E-state index is -0.305. The SMILES string of the molecule is CSCC[C@H](N)C(=O)N1CCC[C@@H](CN2CCCC[C@H]2C)C1. The number of carbonyl (C=O) groups is 1. The van der Waals surface area contributed by atoms with Gasteiger partial charge in [-0.2, -0.15) is 11.8 Å². The molecule has 2 rings (SSSR count). The van der Waals surface area contributed by atoms with Gasteiger partial charge in [-0.05, 0) is 63.5 Å². The number of hydrogen-bond acceptors (Lipinski definition) is 4. The van der Waals surface area contributed by atoms with Gasteiger partial charge in [0.1, 0.15) is 0 Å². The maximum atomic E-state index is 12.5. The molecule has 4 nitrogen and oxygen atoms in total. The van der Waals surface area contributed by atoms with E-state index in [2.05, 4.69) is 18.1 Å². The molecule has 0 aromatic rings. The maximum Gasteiger partial charge on any atom is 0.239 e. The largest absolute Gasteiger partial charge is 0.341 e. The molecule has 0 bridgehead atoms. The van der Waals surface area contributed by atoms with Gasteiger partial charge in [-0.25, -0.2) is 0 Å². The zero-order valence-electron chi connectivity index (χ0n) is 14.3. The maximum absolute atomic E-state index is 12.5. The van der Waals surface area contributed by atoms with Crippen molar-refractivity contribution in [3.63, 3.8) is 0 Å². The summed E-state index contributed by atoms with van der Waals surface area (Å²) in [5.74, 6) is 1.77. The van der Waals surface area contributed by atoms with Crippen LogP contribution in [0.1, 0.15) is 45.4 Å². The van der Waals surface area contributed by atoms with Crippen molar-refractivity contribution in [3.8, 4) is 0 Å². The molecule has 0 unspecified atom stereocenters. The van der Waals surface area contributed by atoms with Crippen molar-refractivity contribution in [1.29, 1.82) is 0 Å². The van der Waals surface area contributed by atoms with Crippen LogP contribution in [0.2, 0.25) is 0 Å². The van der Waals surface area contributed by atoms with E-state index in [0.29, 0.717) is 12.0 Å². The number of thioether (sulfide) groups is 1. The number of amides is 1. The average molecular weight is 328 g/mol. The van der Waals surface area contributed by atoms with Gasteiger partial charge in [-0.15, -0.1) is 0 Å². The van der Waals surface area contributed by atoms with Gasteiger partial charge in [-0.3, -0.25) is 4.79 Å². The molecule has 0 saturated carbocycles. The van der Waals surface area contributed by atoms with E-state index < -0.39 is 0 Å². The second-order valence-corrected chi connectivity index (χ2v) is 8.01. The number of nitrogens with zero attached hydrogens (tertiary/aromatic N) is 2. The monoisotopic (exact) mass is 327 g/mol. The van der Waals surface area contributed by atoms with Gasteiger partial charge < -0.3 is 15.5 Å². The molecule has 2 saturated heterocycles. The smallest absolute Gasteiger partial charge is 0.239 e. The summed E-state index contributed by atoms with van der Waals surface area (Å²) < 4.78 is 0. The minimum absolute atomic E-state index is 0.172. The molecule has 128 valence electrons. The first kappa shape index (κ1) is 18.1. The lowest BCUT2D eigenvalue weighted by Crippen LogP contribution is -2.50. The van der Waals surface area contributed by atoms with Gasteiger partial charge in [-0.1, -0.05) is 6.42 Å². The van der Waals surface area contributed by atoms with Crippen LogP contribution in [-0.4, -0.2) is 66.0 Å². The van der Waals surface area contributed by atoms with Crippen molar-refractivity contribution in [2.45, 2.75) is 57.5 Å². The van der Waals surface area contributed by atoms with Crippen LogP contribution in [0.15, 0.2) is 0 Å². The van der Waals surface area contributed by atoms with Crippen LogP contribution in [-0.2, 0) is 4.79 Å². The van der Waals surface area contributed by atoms with Crippen LogP contribution in [0.3, 0.4) is 0 Å². The van der Waals surface area contributed by atoms with Crippen molar-refractivity contribution >= 4 is 17.7 Å². The zero-order chi connectivity index (χ0) is 15.9. The summed E-state index contributed by atoms with van der Waals surface area (Å²) in [4.78, 5) is 17.2. The third kappa shape index (κ3) is 5.14. The fraction of sp³-hybridized carbons (Fsp3) is 0.941. The highest BCUT2D eigenvalue weighted by atomic mass is 32.2. The van der Waals surface area contributed by atoms with Gasteiger partial charge >= 0.3 is 0 Å². The number of piperidine rings is 2. The van der Waals surface area contributed by atoms with E-state index in [1.54, 1.807) is 11.8 Å². The quantitative estimate of drug-likeness (QED) is 0.812. The molecule has 0 radical (unpaired) electrons. The van der Waals surface area contributed by atoms with Crippen LogP contribution in [0.4, 0.5) is 0 Å². The minimum Gasteiger partial charge on any atom is -0.341 e. The fourth-order valence-corrected chi connectivity index (χ4v) is 4.27. The second-order valence-electron chi connectivity index (χ2n) is 7.02. The summed E-state index contributed by atoms with van der Waals surface area (Å²) in [6.07, 6.45) is 9.28. The van der Waals surface area contributed by atoms with Gasteiger partial charge in [0.25, 0.3) is 0 Å². The molecule has 22 heavy (non-hydrogen) atoms. The molecule has 0 aromatic heterocycles. The topological polar surface area (TPSA) is 49.6 Å². The fourth-order valence-electron chi connectivity index (χ4n) is 3.78. The van der Waals surface area contributed by atoms with Crippen LogP contribution < -0.4 is 5.73 Å². The molecule has 0 spiro atoms. The van der Waals surface area contributed by atoms with E-state index in [-0.39, 0.29) is 11.9 Å². The van der Waals surface area contributed by atoms with Crippen LogP contribution in [0, 0.1) is 5.92 Å². The Hall–Kier alpha value is -0.260. The Balaban J connectivity index is 1.81. The summed E-state index contributed by atoms with van der Waals surface area (Å²) in [7, 11) is 0. The Labute approximate surface area is 140 Å². The first-order valence-corrected chi connectivity index (χ1v) is 10.3. The van der Waals surface area contributed by atoms with E-state index >= 15 is 0 Å². The van der Waals surface area contributed by atoms with Crippen molar-refractivity contribution < 1.29 is 4.79 Å². The van der Waals surface area contributed by atoms with Crippen LogP contribution >= 0.6 is 11.8 Å². The van der Waals surface area contributed by atoms with Crippen molar-refractivity contribution in [2.75, 3.05) is 38.2 Å². The summed E-state index contributed by atoms with van der Waals surface area (Å²) in [5.41, 5.74) is 6.07.